The van der Waals surface area contributed by atoms with Crippen LogP contribution < -0.4 is 5.32 Å². The van der Waals surface area contributed by atoms with E-state index in [0.29, 0.717) is 12.1 Å². The van der Waals surface area contributed by atoms with Crippen LogP contribution in [-0.2, 0) is 4.74 Å². The molecule has 0 heterocycles. The Balaban J connectivity index is 1.61. The molecule has 1 N–H and O–H groups in total. The molecule has 1 aliphatic carbocycles. The lowest BCUT2D eigenvalue weighted by molar-refractivity contribution is 0.00930. The van der Waals surface area contributed by atoms with Gasteiger partial charge in [0.2, 0.25) is 0 Å². The van der Waals surface area contributed by atoms with Crippen molar-refractivity contribution in [3.63, 3.8) is 0 Å². The third-order valence-electron chi connectivity index (χ3n) is 5.23. The summed E-state index contributed by atoms with van der Waals surface area (Å²) in [4.78, 5) is 14.6. The standard InChI is InChI=1S/C22H33BrN2O2/c1-3-4-15-24-16-5-6-17-27-21-13-11-20(12-14-21)25(2)22(26)18-7-9-19(23)10-8-18/h3,7-10,20-21,24H,1,4-6,11-17H2,2H3. The number of ether oxygens (including phenoxy) is 1. The molecular formula is C22H33BrN2O2. The number of halogens is 1. The largest absolute Gasteiger partial charge is 0.378 e. The van der Waals surface area contributed by atoms with Gasteiger partial charge in [0.1, 0.15) is 0 Å². The molecule has 1 aromatic rings. The number of nitrogens with one attached hydrogen (secondary N) is 1. The second kappa shape index (κ2) is 12.3. The minimum absolute atomic E-state index is 0.107. The lowest BCUT2D eigenvalue weighted by Gasteiger charge is -2.34. The molecule has 1 aliphatic rings. The first kappa shape index (κ1) is 22.1. The van der Waals surface area contributed by atoms with Crippen LogP contribution in [0.5, 0.6) is 0 Å². The van der Waals surface area contributed by atoms with Crippen LogP contribution in [0.25, 0.3) is 0 Å². The highest BCUT2D eigenvalue weighted by molar-refractivity contribution is 9.10. The SMILES string of the molecule is C=CCCNCCCCOC1CCC(N(C)C(=O)c2ccc(Br)cc2)CC1. The zero-order valence-corrected chi connectivity index (χ0v) is 18.0. The molecule has 0 spiro atoms. The van der Waals surface area contributed by atoms with Crippen molar-refractivity contribution in [1.29, 1.82) is 0 Å². The van der Waals surface area contributed by atoms with E-state index in [1.807, 2.05) is 42.3 Å². The molecule has 150 valence electrons. The van der Waals surface area contributed by atoms with Gasteiger partial charge >= 0.3 is 0 Å². The summed E-state index contributed by atoms with van der Waals surface area (Å²) < 4.78 is 7.04. The fourth-order valence-electron chi connectivity index (χ4n) is 3.49. The molecule has 0 aliphatic heterocycles. The number of hydrogen-bond acceptors (Lipinski definition) is 3. The number of unbranched alkanes of at least 4 members (excludes halogenated alkanes) is 1. The molecule has 0 saturated heterocycles. The number of nitrogens with zero attached hydrogens (tertiary/aromatic N) is 1. The van der Waals surface area contributed by atoms with Gasteiger partial charge in [-0.05, 0) is 82.3 Å². The van der Waals surface area contributed by atoms with Gasteiger partial charge in [-0.25, -0.2) is 0 Å². The van der Waals surface area contributed by atoms with Crippen molar-refractivity contribution in [1.82, 2.24) is 10.2 Å². The number of amides is 1. The Morgan fingerprint density at radius 1 is 1.22 bits per heavy atom. The van der Waals surface area contributed by atoms with Gasteiger partial charge in [-0.15, -0.1) is 6.58 Å². The van der Waals surface area contributed by atoms with Gasteiger partial charge in [-0.1, -0.05) is 22.0 Å². The summed E-state index contributed by atoms with van der Waals surface area (Å²) in [5, 5.41) is 3.40. The maximum Gasteiger partial charge on any atom is 0.253 e. The summed E-state index contributed by atoms with van der Waals surface area (Å²) in [6, 6.07) is 7.91. The Kier molecular flexibility index (Phi) is 10.1. The van der Waals surface area contributed by atoms with Crippen LogP contribution in [0.15, 0.2) is 41.4 Å². The van der Waals surface area contributed by atoms with E-state index in [1.165, 1.54) is 0 Å². The van der Waals surface area contributed by atoms with E-state index in [4.69, 9.17) is 4.74 Å². The molecule has 27 heavy (non-hydrogen) atoms. The molecule has 1 fully saturated rings. The summed E-state index contributed by atoms with van der Waals surface area (Å²) in [6.07, 6.45) is 9.69. The first-order valence-electron chi connectivity index (χ1n) is 10.1. The van der Waals surface area contributed by atoms with Crippen molar-refractivity contribution in [2.75, 3.05) is 26.7 Å². The summed E-state index contributed by atoms with van der Waals surface area (Å²) >= 11 is 3.41. The second-order valence-corrected chi connectivity index (χ2v) is 8.17. The topological polar surface area (TPSA) is 41.6 Å². The van der Waals surface area contributed by atoms with E-state index in [0.717, 1.165) is 74.7 Å². The average Bonchev–Trinajstić information content (AvgIpc) is 2.70. The Morgan fingerprint density at radius 3 is 2.59 bits per heavy atom. The summed E-state index contributed by atoms with van der Waals surface area (Å²) in [7, 11) is 1.93. The Labute approximate surface area is 172 Å². The van der Waals surface area contributed by atoms with E-state index in [2.05, 4.69) is 27.8 Å². The van der Waals surface area contributed by atoms with Crippen LogP contribution in [0.3, 0.4) is 0 Å². The van der Waals surface area contributed by atoms with Crippen LogP contribution >= 0.6 is 15.9 Å². The minimum Gasteiger partial charge on any atom is -0.378 e. The molecule has 0 radical (unpaired) electrons. The molecule has 1 saturated carbocycles. The normalized spacial score (nSPS) is 19.6. The van der Waals surface area contributed by atoms with Crippen molar-refractivity contribution in [3.05, 3.63) is 47.0 Å². The Morgan fingerprint density at radius 2 is 1.93 bits per heavy atom. The molecule has 0 aromatic heterocycles. The monoisotopic (exact) mass is 436 g/mol. The van der Waals surface area contributed by atoms with Crippen LogP contribution in [0.4, 0.5) is 0 Å². The second-order valence-electron chi connectivity index (χ2n) is 7.26. The maximum absolute atomic E-state index is 12.6. The predicted octanol–water partition coefficient (Wildman–Crippen LogP) is 4.79. The molecular weight excluding hydrogens is 404 g/mol. The lowest BCUT2D eigenvalue weighted by atomic mass is 9.91. The molecule has 0 bridgehead atoms. The van der Waals surface area contributed by atoms with Gasteiger partial charge in [0.25, 0.3) is 5.91 Å². The third-order valence-corrected chi connectivity index (χ3v) is 5.76. The van der Waals surface area contributed by atoms with Gasteiger partial charge in [-0.2, -0.15) is 0 Å². The number of hydrogen-bond donors (Lipinski definition) is 1. The summed E-state index contributed by atoms with van der Waals surface area (Å²) in [5.74, 6) is 0.107. The highest BCUT2D eigenvalue weighted by Crippen LogP contribution is 2.26. The molecule has 4 nitrogen and oxygen atoms in total. The van der Waals surface area contributed by atoms with Crippen LogP contribution in [-0.4, -0.2) is 49.7 Å². The first-order chi connectivity index (χ1) is 13.1. The van der Waals surface area contributed by atoms with Crippen molar-refractivity contribution < 1.29 is 9.53 Å². The molecule has 0 atom stereocenters. The minimum atomic E-state index is 0.107. The van der Waals surface area contributed by atoms with Gasteiger partial charge in [-0.3, -0.25) is 4.79 Å². The van der Waals surface area contributed by atoms with Crippen LogP contribution in [0, 0.1) is 0 Å². The van der Waals surface area contributed by atoms with Crippen molar-refractivity contribution in [2.24, 2.45) is 0 Å². The fourth-order valence-corrected chi connectivity index (χ4v) is 3.76. The van der Waals surface area contributed by atoms with Gasteiger partial charge < -0.3 is 15.0 Å². The van der Waals surface area contributed by atoms with Gasteiger partial charge in [0.15, 0.2) is 0 Å². The van der Waals surface area contributed by atoms with E-state index in [-0.39, 0.29) is 5.91 Å². The van der Waals surface area contributed by atoms with E-state index < -0.39 is 0 Å². The lowest BCUT2D eigenvalue weighted by Crippen LogP contribution is -2.40. The fraction of sp³-hybridized carbons (Fsp3) is 0.591. The number of benzene rings is 1. The summed E-state index contributed by atoms with van der Waals surface area (Å²) in [5.41, 5.74) is 0.751. The maximum atomic E-state index is 12.6. The van der Waals surface area contributed by atoms with Gasteiger partial charge in [0, 0.05) is 29.7 Å². The van der Waals surface area contributed by atoms with E-state index >= 15 is 0 Å². The Hall–Kier alpha value is -1.17. The number of carbonyl (C=O) groups excluding carboxylic acids is 1. The first-order valence-corrected chi connectivity index (χ1v) is 10.9. The number of carbonyl (C=O) groups is 1. The quantitative estimate of drug-likeness (QED) is 0.400. The van der Waals surface area contributed by atoms with E-state index in [1.54, 1.807) is 0 Å². The van der Waals surface area contributed by atoms with Crippen molar-refractivity contribution in [2.45, 2.75) is 57.1 Å². The molecule has 5 heteroatoms. The van der Waals surface area contributed by atoms with E-state index in [9.17, 15) is 4.79 Å². The predicted molar refractivity (Wildman–Crippen MR) is 115 cm³/mol. The highest BCUT2D eigenvalue weighted by atomic mass is 79.9. The average molecular weight is 437 g/mol. The third kappa shape index (κ3) is 7.76. The summed E-state index contributed by atoms with van der Waals surface area (Å²) in [6.45, 7) is 6.62. The molecule has 1 amide bonds. The van der Waals surface area contributed by atoms with Crippen molar-refractivity contribution in [3.8, 4) is 0 Å². The Bertz CT molecular complexity index is 568. The molecule has 1 aromatic carbocycles. The zero-order chi connectivity index (χ0) is 19.5. The molecule has 2 rings (SSSR count). The van der Waals surface area contributed by atoms with Crippen LogP contribution in [0.1, 0.15) is 55.3 Å². The molecule has 0 unspecified atom stereocenters. The van der Waals surface area contributed by atoms with Crippen molar-refractivity contribution >= 4 is 21.8 Å². The highest BCUT2D eigenvalue weighted by Gasteiger charge is 2.27. The van der Waals surface area contributed by atoms with Crippen LogP contribution in [0.2, 0.25) is 0 Å². The smallest absolute Gasteiger partial charge is 0.253 e. The zero-order valence-electron chi connectivity index (χ0n) is 16.5. The number of rotatable bonds is 11. The van der Waals surface area contributed by atoms with Gasteiger partial charge in [0.05, 0.1) is 6.10 Å².